The van der Waals surface area contributed by atoms with Crippen molar-refractivity contribution >= 4 is 6.08 Å². The third kappa shape index (κ3) is 4.59. The molecule has 1 aromatic rings. The molecule has 1 nitrogen and oxygen atoms in total. The van der Waals surface area contributed by atoms with E-state index in [0.29, 0.717) is 12.1 Å². The topological polar surface area (TPSA) is 9.23 Å². The van der Waals surface area contributed by atoms with E-state index in [0.717, 1.165) is 6.08 Å². The number of halogens is 6. The highest BCUT2D eigenvalue weighted by Crippen LogP contribution is 2.36. The molecule has 106 valence electrons. The Bertz CT molecular complexity index is 426. The third-order valence-corrected chi connectivity index (χ3v) is 2.18. The SMILES string of the molecule is COCC=Cc1cc(C(F)(F)F)cc(C(F)(F)F)c1. The molecule has 0 aliphatic rings. The largest absolute Gasteiger partial charge is 0.416 e. The van der Waals surface area contributed by atoms with Crippen LogP contribution in [0.1, 0.15) is 16.7 Å². The highest BCUT2D eigenvalue weighted by molar-refractivity contribution is 5.53. The van der Waals surface area contributed by atoms with E-state index in [-0.39, 0.29) is 18.2 Å². The Balaban J connectivity index is 3.25. The number of ether oxygens (including phenoxy) is 1. The van der Waals surface area contributed by atoms with Gasteiger partial charge in [0.1, 0.15) is 0 Å². The number of benzene rings is 1. The summed E-state index contributed by atoms with van der Waals surface area (Å²) in [6, 6.07) is 1.40. The van der Waals surface area contributed by atoms with Crippen LogP contribution in [0.3, 0.4) is 0 Å². The van der Waals surface area contributed by atoms with E-state index in [2.05, 4.69) is 4.74 Å². The standard InChI is InChI=1S/C12H10F6O/c1-19-4-2-3-8-5-9(11(13,14)15)7-10(6-8)12(16,17)18/h2-3,5-7H,4H2,1H3. The molecule has 0 heterocycles. The maximum absolute atomic E-state index is 12.5. The average molecular weight is 284 g/mol. The van der Waals surface area contributed by atoms with Crippen molar-refractivity contribution in [2.24, 2.45) is 0 Å². The van der Waals surface area contributed by atoms with Gasteiger partial charge in [-0.05, 0) is 23.8 Å². The Kier molecular flexibility index (Phi) is 4.62. The summed E-state index contributed by atoms with van der Waals surface area (Å²) >= 11 is 0. The molecule has 0 radical (unpaired) electrons. The minimum Gasteiger partial charge on any atom is -0.381 e. The van der Waals surface area contributed by atoms with Crippen LogP contribution in [0.15, 0.2) is 24.3 Å². The molecule has 0 amide bonds. The van der Waals surface area contributed by atoms with Crippen LogP contribution in [0.5, 0.6) is 0 Å². The van der Waals surface area contributed by atoms with Crippen LogP contribution in [0.2, 0.25) is 0 Å². The maximum atomic E-state index is 12.5. The van der Waals surface area contributed by atoms with Crippen LogP contribution in [0, 0.1) is 0 Å². The fraction of sp³-hybridized carbons (Fsp3) is 0.333. The van der Waals surface area contributed by atoms with Crippen LogP contribution >= 0.6 is 0 Å². The molecule has 0 aliphatic carbocycles. The van der Waals surface area contributed by atoms with Crippen LogP contribution in [0.25, 0.3) is 6.08 Å². The van der Waals surface area contributed by atoms with E-state index in [4.69, 9.17) is 0 Å². The lowest BCUT2D eigenvalue weighted by Gasteiger charge is -2.12. The molecular formula is C12H10F6O. The van der Waals surface area contributed by atoms with Crippen LogP contribution in [-0.4, -0.2) is 13.7 Å². The minimum atomic E-state index is -4.83. The van der Waals surface area contributed by atoms with Crippen LogP contribution in [0.4, 0.5) is 26.3 Å². The molecule has 0 saturated carbocycles. The van der Waals surface area contributed by atoms with E-state index in [1.165, 1.54) is 13.2 Å². The van der Waals surface area contributed by atoms with E-state index in [1.54, 1.807) is 0 Å². The predicted octanol–water partition coefficient (Wildman–Crippen LogP) is 4.38. The molecule has 0 spiro atoms. The van der Waals surface area contributed by atoms with Crippen molar-refractivity contribution in [3.05, 3.63) is 41.0 Å². The minimum absolute atomic E-state index is 0.0909. The van der Waals surface area contributed by atoms with Gasteiger partial charge in [-0.3, -0.25) is 0 Å². The average Bonchev–Trinajstić information content (AvgIpc) is 2.27. The summed E-state index contributed by atoms with van der Waals surface area (Å²) in [5.41, 5.74) is -2.85. The van der Waals surface area contributed by atoms with Crippen molar-refractivity contribution < 1.29 is 31.1 Å². The zero-order chi connectivity index (χ0) is 14.7. The van der Waals surface area contributed by atoms with Crippen LogP contribution in [-0.2, 0) is 17.1 Å². The van der Waals surface area contributed by atoms with Crippen molar-refractivity contribution in [2.45, 2.75) is 12.4 Å². The van der Waals surface area contributed by atoms with E-state index >= 15 is 0 Å². The number of hydrogen-bond acceptors (Lipinski definition) is 1. The summed E-state index contributed by atoms with van der Waals surface area (Å²) in [4.78, 5) is 0. The van der Waals surface area contributed by atoms with Crippen molar-refractivity contribution in [1.29, 1.82) is 0 Å². The molecule has 0 unspecified atom stereocenters. The molecule has 0 bridgehead atoms. The van der Waals surface area contributed by atoms with Gasteiger partial charge in [0, 0.05) is 7.11 Å². The Morgan fingerprint density at radius 2 is 1.42 bits per heavy atom. The van der Waals surface area contributed by atoms with Gasteiger partial charge >= 0.3 is 12.4 Å². The fourth-order valence-corrected chi connectivity index (χ4v) is 1.36. The summed E-state index contributed by atoms with van der Waals surface area (Å²) in [5.74, 6) is 0. The first-order valence-electron chi connectivity index (χ1n) is 5.09. The Hall–Kier alpha value is -1.50. The van der Waals surface area contributed by atoms with Gasteiger partial charge in [0.25, 0.3) is 0 Å². The van der Waals surface area contributed by atoms with Crippen molar-refractivity contribution in [1.82, 2.24) is 0 Å². The molecule has 0 aromatic heterocycles. The summed E-state index contributed by atoms with van der Waals surface area (Å²) in [5, 5.41) is 0. The first-order valence-corrected chi connectivity index (χ1v) is 5.09. The maximum Gasteiger partial charge on any atom is 0.416 e. The molecule has 0 atom stereocenters. The quantitative estimate of drug-likeness (QED) is 0.748. The number of rotatable bonds is 3. The fourth-order valence-electron chi connectivity index (χ4n) is 1.36. The summed E-state index contributed by atoms with van der Waals surface area (Å²) in [6.45, 7) is 0.0948. The van der Waals surface area contributed by atoms with Crippen molar-refractivity contribution in [3.63, 3.8) is 0 Å². The second-order valence-corrected chi connectivity index (χ2v) is 3.70. The van der Waals surface area contributed by atoms with Crippen molar-refractivity contribution in [3.8, 4) is 0 Å². The lowest BCUT2D eigenvalue weighted by atomic mass is 10.0. The number of methoxy groups -OCH3 is 1. The molecule has 0 N–H and O–H groups in total. The molecule has 0 fully saturated rings. The van der Waals surface area contributed by atoms with Crippen LogP contribution < -0.4 is 0 Å². The normalized spacial score (nSPS) is 13.2. The molecular weight excluding hydrogens is 274 g/mol. The molecule has 0 saturated heterocycles. The second-order valence-electron chi connectivity index (χ2n) is 3.70. The third-order valence-electron chi connectivity index (χ3n) is 2.18. The first kappa shape index (κ1) is 15.6. The smallest absolute Gasteiger partial charge is 0.381 e. The lowest BCUT2D eigenvalue weighted by Crippen LogP contribution is -2.11. The summed E-state index contributed by atoms with van der Waals surface area (Å²) in [7, 11) is 1.36. The van der Waals surface area contributed by atoms with Gasteiger partial charge in [0.05, 0.1) is 17.7 Å². The highest BCUT2D eigenvalue weighted by atomic mass is 19.4. The Morgan fingerprint density at radius 3 is 1.79 bits per heavy atom. The van der Waals surface area contributed by atoms with Gasteiger partial charge in [0.2, 0.25) is 0 Å². The van der Waals surface area contributed by atoms with Gasteiger partial charge in [-0.25, -0.2) is 0 Å². The molecule has 19 heavy (non-hydrogen) atoms. The molecule has 7 heteroatoms. The Morgan fingerprint density at radius 1 is 0.947 bits per heavy atom. The van der Waals surface area contributed by atoms with Gasteiger partial charge in [-0.15, -0.1) is 0 Å². The van der Waals surface area contributed by atoms with Gasteiger partial charge in [-0.1, -0.05) is 12.2 Å². The monoisotopic (exact) mass is 284 g/mol. The highest BCUT2D eigenvalue weighted by Gasteiger charge is 2.36. The summed E-state index contributed by atoms with van der Waals surface area (Å²) in [6.07, 6.45) is -7.18. The molecule has 1 aromatic carbocycles. The number of alkyl halides is 6. The lowest BCUT2D eigenvalue weighted by molar-refractivity contribution is -0.143. The first-order chi connectivity index (χ1) is 8.64. The van der Waals surface area contributed by atoms with E-state index < -0.39 is 23.5 Å². The zero-order valence-corrected chi connectivity index (χ0v) is 9.77. The van der Waals surface area contributed by atoms with E-state index in [1.807, 2.05) is 0 Å². The van der Waals surface area contributed by atoms with Gasteiger partial charge in [0.15, 0.2) is 0 Å². The van der Waals surface area contributed by atoms with E-state index in [9.17, 15) is 26.3 Å². The predicted molar refractivity (Wildman–Crippen MR) is 57.4 cm³/mol. The molecule has 1 rings (SSSR count). The van der Waals surface area contributed by atoms with Gasteiger partial charge in [-0.2, -0.15) is 26.3 Å². The Labute approximate surface area is 105 Å². The van der Waals surface area contributed by atoms with Crippen molar-refractivity contribution in [2.75, 3.05) is 13.7 Å². The van der Waals surface area contributed by atoms with Gasteiger partial charge < -0.3 is 4.74 Å². The zero-order valence-electron chi connectivity index (χ0n) is 9.77. The number of hydrogen-bond donors (Lipinski definition) is 0. The molecule has 0 aliphatic heterocycles. The second kappa shape index (κ2) is 5.64. The summed E-state index contributed by atoms with van der Waals surface area (Å²) < 4.78 is 79.7.